The molecule has 4 rings (SSSR count). The Balaban J connectivity index is 1.41. The van der Waals surface area contributed by atoms with E-state index in [1.807, 2.05) is 31.2 Å². The fourth-order valence-corrected chi connectivity index (χ4v) is 5.78. The van der Waals surface area contributed by atoms with Crippen molar-refractivity contribution in [2.45, 2.75) is 44.2 Å². The molecule has 0 radical (unpaired) electrons. The third-order valence-electron chi connectivity index (χ3n) is 6.39. The molecule has 3 aromatic carbocycles. The SMILES string of the molecule is Cc1ccc(C)c(S(=O)(=O)Nc2cccc(C(=O)NC3CCN(C(C)c4ccccc4)C3)c2)c1. The second-order valence-corrected chi connectivity index (χ2v) is 10.6. The molecule has 0 spiro atoms. The van der Waals surface area contributed by atoms with Crippen LogP contribution in [0, 0.1) is 13.8 Å². The monoisotopic (exact) mass is 477 g/mol. The summed E-state index contributed by atoms with van der Waals surface area (Å²) in [7, 11) is -3.76. The zero-order valence-corrected chi connectivity index (χ0v) is 20.6. The van der Waals surface area contributed by atoms with Gasteiger partial charge >= 0.3 is 0 Å². The van der Waals surface area contributed by atoms with Crippen molar-refractivity contribution in [3.05, 3.63) is 95.1 Å². The zero-order chi connectivity index (χ0) is 24.3. The Morgan fingerprint density at radius 2 is 1.76 bits per heavy atom. The van der Waals surface area contributed by atoms with Crippen molar-refractivity contribution >= 4 is 21.6 Å². The first-order chi connectivity index (χ1) is 16.2. The van der Waals surface area contributed by atoms with Crippen LogP contribution in [0.3, 0.4) is 0 Å². The van der Waals surface area contributed by atoms with E-state index < -0.39 is 10.0 Å². The number of carbonyl (C=O) groups is 1. The van der Waals surface area contributed by atoms with Crippen LogP contribution in [0.5, 0.6) is 0 Å². The highest BCUT2D eigenvalue weighted by molar-refractivity contribution is 7.92. The van der Waals surface area contributed by atoms with Crippen molar-refractivity contribution in [3.8, 4) is 0 Å². The first kappa shape index (κ1) is 24.0. The molecule has 1 fully saturated rings. The molecular weight excluding hydrogens is 446 g/mol. The molecule has 34 heavy (non-hydrogen) atoms. The molecule has 0 bridgehead atoms. The predicted octanol–water partition coefficient (Wildman–Crippen LogP) is 4.67. The highest BCUT2D eigenvalue weighted by Gasteiger charge is 2.28. The molecule has 7 heteroatoms. The third kappa shape index (κ3) is 5.48. The summed E-state index contributed by atoms with van der Waals surface area (Å²) in [6.45, 7) is 7.50. The number of aryl methyl sites for hydroxylation is 2. The van der Waals surface area contributed by atoms with Crippen LogP contribution in [-0.4, -0.2) is 38.4 Å². The summed E-state index contributed by atoms with van der Waals surface area (Å²) in [4.78, 5) is 15.5. The minimum atomic E-state index is -3.76. The van der Waals surface area contributed by atoms with Crippen molar-refractivity contribution < 1.29 is 13.2 Å². The summed E-state index contributed by atoms with van der Waals surface area (Å²) in [5.41, 5.74) is 3.59. The van der Waals surface area contributed by atoms with Crippen molar-refractivity contribution in [3.63, 3.8) is 0 Å². The Bertz CT molecular complexity index is 1280. The number of hydrogen-bond acceptors (Lipinski definition) is 4. The number of rotatable bonds is 7. The van der Waals surface area contributed by atoms with Crippen molar-refractivity contribution in [1.29, 1.82) is 0 Å². The lowest BCUT2D eigenvalue weighted by Crippen LogP contribution is -2.37. The smallest absolute Gasteiger partial charge is 0.262 e. The van der Waals surface area contributed by atoms with Gasteiger partial charge in [-0.15, -0.1) is 0 Å². The molecule has 1 aliphatic heterocycles. The maximum absolute atomic E-state index is 12.9. The molecule has 0 saturated carbocycles. The molecule has 1 amide bonds. The fraction of sp³-hybridized carbons (Fsp3) is 0.296. The van der Waals surface area contributed by atoms with Crippen LogP contribution in [0.4, 0.5) is 5.69 Å². The number of amides is 1. The number of nitrogens with zero attached hydrogens (tertiary/aromatic N) is 1. The first-order valence-electron chi connectivity index (χ1n) is 11.5. The summed E-state index contributed by atoms with van der Waals surface area (Å²) in [6.07, 6.45) is 0.877. The van der Waals surface area contributed by atoms with Gasteiger partial charge < -0.3 is 5.32 Å². The average Bonchev–Trinajstić information content (AvgIpc) is 3.29. The lowest BCUT2D eigenvalue weighted by molar-refractivity contribution is 0.0936. The highest BCUT2D eigenvalue weighted by Crippen LogP contribution is 2.25. The van der Waals surface area contributed by atoms with E-state index in [0.29, 0.717) is 16.8 Å². The minimum Gasteiger partial charge on any atom is -0.348 e. The topological polar surface area (TPSA) is 78.5 Å². The Morgan fingerprint density at radius 1 is 1.00 bits per heavy atom. The van der Waals surface area contributed by atoms with Gasteiger partial charge in [-0.05, 0) is 68.1 Å². The molecule has 1 aliphatic rings. The van der Waals surface area contributed by atoms with Crippen molar-refractivity contribution in [2.75, 3.05) is 17.8 Å². The van der Waals surface area contributed by atoms with Gasteiger partial charge in [0.25, 0.3) is 15.9 Å². The average molecular weight is 478 g/mol. The van der Waals surface area contributed by atoms with E-state index in [9.17, 15) is 13.2 Å². The van der Waals surface area contributed by atoms with Crippen LogP contribution in [0.25, 0.3) is 0 Å². The lowest BCUT2D eigenvalue weighted by atomic mass is 10.1. The Hall–Kier alpha value is -3.16. The van der Waals surface area contributed by atoms with Crippen molar-refractivity contribution in [1.82, 2.24) is 10.2 Å². The van der Waals surface area contributed by atoms with Gasteiger partial charge in [-0.25, -0.2) is 8.42 Å². The fourth-order valence-electron chi connectivity index (χ4n) is 4.40. The molecule has 6 nitrogen and oxygen atoms in total. The van der Waals surface area contributed by atoms with Crippen LogP contribution < -0.4 is 10.0 Å². The number of sulfonamides is 1. The number of nitrogens with one attached hydrogen (secondary N) is 2. The highest BCUT2D eigenvalue weighted by atomic mass is 32.2. The largest absolute Gasteiger partial charge is 0.348 e. The molecule has 2 N–H and O–H groups in total. The summed E-state index contributed by atoms with van der Waals surface area (Å²) >= 11 is 0. The van der Waals surface area contributed by atoms with Gasteiger partial charge in [-0.1, -0.05) is 48.5 Å². The van der Waals surface area contributed by atoms with Crippen LogP contribution in [0.15, 0.2) is 77.7 Å². The molecule has 2 unspecified atom stereocenters. The molecule has 0 aliphatic carbocycles. The predicted molar refractivity (Wildman–Crippen MR) is 135 cm³/mol. The third-order valence-corrected chi connectivity index (χ3v) is 7.92. The molecule has 1 saturated heterocycles. The normalized spacial score (nSPS) is 17.3. The van der Waals surface area contributed by atoms with Gasteiger partial charge in [0.15, 0.2) is 0 Å². The Kier molecular flexibility index (Phi) is 7.05. The summed E-state index contributed by atoms with van der Waals surface area (Å²) in [6, 6.07) is 22.6. The second-order valence-electron chi connectivity index (χ2n) is 9.00. The number of hydrogen-bond donors (Lipinski definition) is 2. The van der Waals surface area contributed by atoms with E-state index in [4.69, 9.17) is 0 Å². The van der Waals surface area contributed by atoms with Crippen LogP contribution in [0.1, 0.15) is 46.4 Å². The minimum absolute atomic E-state index is 0.0500. The van der Waals surface area contributed by atoms with Crippen molar-refractivity contribution in [2.24, 2.45) is 0 Å². The maximum Gasteiger partial charge on any atom is 0.262 e. The van der Waals surface area contributed by atoms with Gasteiger partial charge in [-0.2, -0.15) is 0 Å². The standard InChI is InChI=1S/C27H31N3O3S/c1-19-12-13-20(2)26(16-19)34(32,33)29-24-11-7-10-23(17-24)27(31)28-25-14-15-30(18-25)21(3)22-8-5-4-6-9-22/h4-13,16-17,21,25,29H,14-15,18H2,1-3H3,(H,28,31). The van der Waals surface area contributed by atoms with Crippen LogP contribution >= 0.6 is 0 Å². The van der Waals surface area contributed by atoms with Gasteiger partial charge in [0.1, 0.15) is 0 Å². The number of likely N-dealkylation sites (tertiary alicyclic amines) is 1. The summed E-state index contributed by atoms with van der Waals surface area (Å²) in [5.74, 6) is -0.202. The molecule has 2 atom stereocenters. The Labute approximate surface area is 202 Å². The van der Waals surface area contributed by atoms with E-state index in [-0.39, 0.29) is 22.9 Å². The van der Waals surface area contributed by atoms with E-state index >= 15 is 0 Å². The summed E-state index contributed by atoms with van der Waals surface area (Å²) in [5, 5.41) is 3.11. The van der Waals surface area contributed by atoms with E-state index in [0.717, 1.165) is 25.1 Å². The quantitative estimate of drug-likeness (QED) is 0.518. The summed E-state index contributed by atoms with van der Waals surface area (Å²) < 4.78 is 28.5. The maximum atomic E-state index is 12.9. The lowest BCUT2D eigenvalue weighted by Gasteiger charge is -2.24. The molecule has 178 valence electrons. The van der Waals surface area contributed by atoms with Crippen LogP contribution in [-0.2, 0) is 10.0 Å². The number of carbonyl (C=O) groups excluding carboxylic acids is 1. The van der Waals surface area contributed by atoms with E-state index in [2.05, 4.69) is 34.0 Å². The molecule has 1 heterocycles. The van der Waals surface area contributed by atoms with E-state index in [1.54, 1.807) is 43.3 Å². The second kappa shape index (κ2) is 9.99. The van der Waals surface area contributed by atoms with Gasteiger partial charge in [0.05, 0.1) is 4.90 Å². The Morgan fingerprint density at radius 3 is 2.53 bits per heavy atom. The van der Waals surface area contributed by atoms with Gasteiger partial charge in [0, 0.05) is 36.4 Å². The molecule has 0 aromatic heterocycles. The number of benzene rings is 3. The number of anilines is 1. The zero-order valence-electron chi connectivity index (χ0n) is 19.8. The van der Waals surface area contributed by atoms with Gasteiger partial charge in [0.2, 0.25) is 0 Å². The first-order valence-corrected chi connectivity index (χ1v) is 13.0. The molecule has 3 aromatic rings. The van der Waals surface area contributed by atoms with Gasteiger partial charge in [-0.3, -0.25) is 14.4 Å². The van der Waals surface area contributed by atoms with E-state index in [1.165, 1.54) is 5.56 Å². The van der Waals surface area contributed by atoms with Crippen LogP contribution in [0.2, 0.25) is 0 Å². The molecular formula is C27H31N3O3S.